The maximum atomic E-state index is 8.68. The van der Waals surface area contributed by atoms with Crippen molar-refractivity contribution < 1.29 is 5.11 Å². The molecule has 0 amide bonds. The first-order valence-electron chi connectivity index (χ1n) is 2.68. The second-order valence-electron chi connectivity index (χ2n) is 2.12. The lowest BCUT2D eigenvalue weighted by molar-refractivity contribution is 0.248. The van der Waals surface area contributed by atoms with Crippen LogP contribution in [0.5, 0.6) is 0 Å². The van der Waals surface area contributed by atoms with Gasteiger partial charge in [-0.05, 0) is 12.8 Å². The van der Waals surface area contributed by atoms with Gasteiger partial charge in [-0.3, -0.25) is 0 Å². The van der Waals surface area contributed by atoms with Crippen LogP contribution < -0.4 is 0 Å². The third kappa shape index (κ3) is 0.763. The molecule has 0 spiro atoms. The maximum Gasteiger partial charge on any atom is 0.0881 e. The fraction of sp³-hybridized carbons (Fsp3) is 0.667. The smallest absolute Gasteiger partial charge is 0.0881 e. The Morgan fingerprint density at radius 1 is 1.57 bits per heavy atom. The highest BCUT2D eigenvalue weighted by molar-refractivity contribution is 4.93. The molecule has 0 aromatic heterocycles. The lowest BCUT2D eigenvalue weighted by Crippen LogP contribution is -2.12. The minimum atomic E-state index is 0.381. The van der Waals surface area contributed by atoms with E-state index in [1.165, 1.54) is 6.42 Å². The molecule has 0 heterocycles. The number of aliphatic hydroxyl groups is 1. The number of hydrogen-bond acceptors (Lipinski definition) is 1. The quantitative estimate of drug-likeness (QED) is 0.496. The van der Waals surface area contributed by atoms with Gasteiger partial charge in [-0.15, -0.1) is 0 Å². The average Bonchev–Trinajstić information content (AvgIpc) is 1.23. The number of allylic oxidation sites excluding steroid dienone is 1. The second kappa shape index (κ2) is 1.57. The van der Waals surface area contributed by atoms with Crippen molar-refractivity contribution in [1.82, 2.24) is 0 Å². The third-order valence-electron chi connectivity index (χ3n) is 1.58. The van der Waals surface area contributed by atoms with Crippen LogP contribution in [0.4, 0.5) is 0 Å². The van der Waals surface area contributed by atoms with E-state index in [1.54, 1.807) is 0 Å². The van der Waals surface area contributed by atoms with Crippen LogP contribution in [0.25, 0.3) is 0 Å². The molecule has 0 unspecified atom stereocenters. The second-order valence-corrected chi connectivity index (χ2v) is 2.12. The van der Waals surface area contributed by atoms with Crippen LogP contribution in [0.15, 0.2) is 12.3 Å². The molecule has 1 saturated carbocycles. The van der Waals surface area contributed by atoms with Gasteiger partial charge in [0.15, 0.2) is 0 Å². The van der Waals surface area contributed by atoms with E-state index in [1.807, 2.05) is 0 Å². The van der Waals surface area contributed by atoms with Crippen LogP contribution in [0.2, 0.25) is 0 Å². The summed E-state index contributed by atoms with van der Waals surface area (Å²) in [5.74, 6) is 0.825. The average molecular weight is 98.1 g/mol. The molecule has 1 N–H and O–H groups in total. The molecular weight excluding hydrogens is 88.1 g/mol. The third-order valence-corrected chi connectivity index (χ3v) is 1.58. The van der Waals surface area contributed by atoms with Crippen molar-refractivity contribution in [2.75, 3.05) is 0 Å². The van der Waals surface area contributed by atoms with E-state index in [2.05, 4.69) is 6.58 Å². The summed E-state index contributed by atoms with van der Waals surface area (Å²) in [7, 11) is 0. The van der Waals surface area contributed by atoms with Crippen molar-refractivity contribution in [2.24, 2.45) is 5.92 Å². The minimum absolute atomic E-state index is 0.381. The SMILES string of the molecule is C=C(O)C1CCC1. The zero-order valence-electron chi connectivity index (χ0n) is 4.35. The highest BCUT2D eigenvalue weighted by Crippen LogP contribution is 2.30. The first-order valence-corrected chi connectivity index (χ1v) is 2.68. The normalized spacial score (nSPS) is 21.1. The van der Waals surface area contributed by atoms with Crippen LogP contribution in [-0.2, 0) is 0 Å². The predicted molar refractivity (Wildman–Crippen MR) is 29.1 cm³/mol. The highest BCUT2D eigenvalue weighted by Gasteiger charge is 2.19. The van der Waals surface area contributed by atoms with Crippen LogP contribution >= 0.6 is 0 Å². The Bertz CT molecular complexity index is 82.2. The molecule has 1 aliphatic rings. The summed E-state index contributed by atoms with van der Waals surface area (Å²) >= 11 is 0. The fourth-order valence-electron chi connectivity index (χ4n) is 0.741. The summed E-state index contributed by atoms with van der Waals surface area (Å²) < 4.78 is 0. The van der Waals surface area contributed by atoms with Gasteiger partial charge in [0, 0.05) is 5.92 Å². The molecule has 0 radical (unpaired) electrons. The molecule has 7 heavy (non-hydrogen) atoms. The number of hydrogen-bond donors (Lipinski definition) is 1. The largest absolute Gasteiger partial charge is 0.513 e. The first kappa shape index (κ1) is 4.69. The molecule has 0 bridgehead atoms. The summed E-state index contributed by atoms with van der Waals surface area (Å²) in [6.07, 6.45) is 3.56. The van der Waals surface area contributed by atoms with E-state index >= 15 is 0 Å². The predicted octanol–water partition coefficient (Wildman–Crippen LogP) is 1.86. The number of aliphatic hydroxyl groups excluding tert-OH is 1. The van der Waals surface area contributed by atoms with Gasteiger partial charge in [0.05, 0.1) is 5.76 Å². The molecule has 0 aromatic carbocycles. The molecule has 0 aliphatic heterocycles. The highest BCUT2D eigenvalue weighted by atomic mass is 16.3. The van der Waals surface area contributed by atoms with Crippen molar-refractivity contribution in [1.29, 1.82) is 0 Å². The van der Waals surface area contributed by atoms with E-state index < -0.39 is 0 Å². The van der Waals surface area contributed by atoms with Gasteiger partial charge in [-0.2, -0.15) is 0 Å². The molecule has 1 nitrogen and oxygen atoms in total. The lowest BCUT2D eigenvalue weighted by Gasteiger charge is -2.23. The Hall–Kier alpha value is -0.460. The van der Waals surface area contributed by atoms with Crippen LogP contribution in [0.1, 0.15) is 19.3 Å². The van der Waals surface area contributed by atoms with Crippen molar-refractivity contribution >= 4 is 0 Å². The summed E-state index contributed by atoms with van der Waals surface area (Å²) in [5.41, 5.74) is 0. The topological polar surface area (TPSA) is 20.2 Å². The Morgan fingerprint density at radius 3 is 2.14 bits per heavy atom. The van der Waals surface area contributed by atoms with Gasteiger partial charge in [0.1, 0.15) is 0 Å². The van der Waals surface area contributed by atoms with Crippen LogP contribution in [0.3, 0.4) is 0 Å². The molecule has 0 atom stereocenters. The lowest BCUT2D eigenvalue weighted by atomic mass is 9.84. The fourth-order valence-corrected chi connectivity index (χ4v) is 0.741. The molecule has 1 aliphatic carbocycles. The monoisotopic (exact) mass is 98.1 g/mol. The summed E-state index contributed by atoms with van der Waals surface area (Å²) in [6, 6.07) is 0. The molecule has 0 saturated heterocycles. The Kier molecular flexibility index (Phi) is 1.05. The maximum absolute atomic E-state index is 8.68. The zero-order chi connectivity index (χ0) is 5.28. The molecule has 40 valence electrons. The van der Waals surface area contributed by atoms with Gasteiger partial charge >= 0.3 is 0 Å². The Morgan fingerprint density at radius 2 is 2.14 bits per heavy atom. The van der Waals surface area contributed by atoms with Crippen LogP contribution in [-0.4, -0.2) is 5.11 Å². The molecular formula is C6H10O. The van der Waals surface area contributed by atoms with Gasteiger partial charge in [0.25, 0.3) is 0 Å². The number of rotatable bonds is 1. The Balaban J connectivity index is 2.27. The zero-order valence-corrected chi connectivity index (χ0v) is 4.35. The minimum Gasteiger partial charge on any atom is -0.513 e. The van der Waals surface area contributed by atoms with Gasteiger partial charge < -0.3 is 5.11 Å². The van der Waals surface area contributed by atoms with E-state index in [9.17, 15) is 0 Å². The van der Waals surface area contributed by atoms with E-state index in [0.29, 0.717) is 11.7 Å². The molecule has 1 rings (SSSR count). The van der Waals surface area contributed by atoms with Crippen molar-refractivity contribution in [3.8, 4) is 0 Å². The van der Waals surface area contributed by atoms with Gasteiger partial charge in [-0.25, -0.2) is 0 Å². The molecule has 1 heteroatoms. The summed E-state index contributed by atoms with van der Waals surface area (Å²) in [6.45, 7) is 3.43. The first-order chi connectivity index (χ1) is 3.30. The molecule has 0 aromatic rings. The van der Waals surface area contributed by atoms with E-state index in [4.69, 9.17) is 5.11 Å². The van der Waals surface area contributed by atoms with Crippen molar-refractivity contribution in [2.45, 2.75) is 19.3 Å². The standard InChI is InChI=1S/C6H10O/c1-5(7)6-3-2-4-6/h6-7H,1-4H2. The van der Waals surface area contributed by atoms with Gasteiger partial charge in [0.2, 0.25) is 0 Å². The summed E-state index contributed by atoms with van der Waals surface area (Å²) in [4.78, 5) is 0. The van der Waals surface area contributed by atoms with E-state index in [-0.39, 0.29) is 0 Å². The van der Waals surface area contributed by atoms with Crippen molar-refractivity contribution in [3.05, 3.63) is 12.3 Å². The van der Waals surface area contributed by atoms with Crippen LogP contribution in [0, 0.1) is 5.92 Å². The van der Waals surface area contributed by atoms with E-state index in [0.717, 1.165) is 12.8 Å². The van der Waals surface area contributed by atoms with Crippen molar-refractivity contribution in [3.63, 3.8) is 0 Å². The summed E-state index contributed by atoms with van der Waals surface area (Å²) in [5, 5.41) is 8.68. The van der Waals surface area contributed by atoms with Gasteiger partial charge in [-0.1, -0.05) is 13.0 Å². The Labute approximate surface area is 43.7 Å². The molecule has 1 fully saturated rings.